The van der Waals surface area contributed by atoms with Crippen molar-refractivity contribution in [2.75, 3.05) is 18.8 Å². The van der Waals surface area contributed by atoms with E-state index in [-0.39, 0.29) is 5.91 Å². The van der Waals surface area contributed by atoms with Gasteiger partial charge in [0.05, 0.1) is 16.3 Å². The number of hydrogen-bond donors (Lipinski definition) is 2. The maximum atomic E-state index is 12.7. The second-order valence-corrected chi connectivity index (χ2v) is 7.24. The number of anilines is 1. The van der Waals surface area contributed by atoms with Crippen LogP contribution in [0.5, 0.6) is 0 Å². The molecule has 1 fully saturated rings. The summed E-state index contributed by atoms with van der Waals surface area (Å²) >= 11 is 7.53. The van der Waals surface area contributed by atoms with Crippen LogP contribution < -0.4 is 5.73 Å². The molecule has 1 atom stereocenters. The average molecular weight is 325 g/mol. The SMILES string of the molecule is CC1(O)CCCN(C(=O)c2sc3cccc(Cl)c3c2N)C1. The zero-order valence-corrected chi connectivity index (χ0v) is 13.3. The first-order chi connectivity index (χ1) is 9.89. The molecule has 1 saturated heterocycles. The Kier molecular flexibility index (Phi) is 3.59. The van der Waals surface area contributed by atoms with Crippen LogP contribution in [-0.4, -0.2) is 34.6 Å². The summed E-state index contributed by atoms with van der Waals surface area (Å²) in [4.78, 5) is 14.9. The van der Waals surface area contributed by atoms with Gasteiger partial charge in [-0.1, -0.05) is 17.7 Å². The van der Waals surface area contributed by atoms with Crippen LogP contribution in [0, 0.1) is 0 Å². The highest BCUT2D eigenvalue weighted by Gasteiger charge is 2.33. The molecule has 0 radical (unpaired) electrons. The number of likely N-dealkylation sites (tertiary alicyclic amines) is 1. The summed E-state index contributed by atoms with van der Waals surface area (Å²) in [6.07, 6.45) is 1.51. The number of benzene rings is 1. The summed E-state index contributed by atoms with van der Waals surface area (Å²) in [7, 11) is 0. The number of amides is 1. The Balaban J connectivity index is 1.99. The average Bonchev–Trinajstić information content (AvgIpc) is 2.75. The van der Waals surface area contributed by atoms with E-state index in [4.69, 9.17) is 17.3 Å². The molecule has 3 rings (SSSR count). The van der Waals surface area contributed by atoms with Gasteiger partial charge in [0, 0.05) is 23.2 Å². The zero-order valence-electron chi connectivity index (χ0n) is 11.7. The van der Waals surface area contributed by atoms with Gasteiger partial charge in [0.2, 0.25) is 0 Å². The predicted octanol–water partition coefficient (Wildman–Crippen LogP) is 3.12. The summed E-state index contributed by atoms with van der Waals surface area (Å²) in [6, 6.07) is 5.53. The number of fused-ring (bicyclic) bond motifs is 1. The van der Waals surface area contributed by atoms with Gasteiger partial charge in [0.15, 0.2) is 0 Å². The second-order valence-electron chi connectivity index (χ2n) is 5.79. The summed E-state index contributed by atoms with van der Waals surface area (Å²) in [5.41, 5.74) is 5.75. The molecule has 0 saturated carbocycles. The van der Waals surface area contributed by atoms with Gasteiger partial charge in [0.1, 0.15) is 4.88 Å². The highest BCUT2D eigenvalue weighted by atomic mass is 35.5. The van der Waals surface area contributed by atoms with Gasteiger partial charge in [-0.2, -0.15) is 0 Å². The van der Waals surface area contributed by atoms with Crippen LogP contribution in [0.25, 0.3) is 10.1 Å². The number of carbonyl (C=O) groups excluding carboxylic acids is 1. The highest BCUT2D eigenvalue weighted by Crippen LogP contribution is 2.39. The first kappa shape index (κ1) is 14.6. The Bertz CT molecular complexity index is 711. The van der Waals surface area contributed by atoms with E-state index >= 15 is 0 Å². The van der Waals surface area contributed by atoms with Crippen molar-refractivity contribution in [3.05, 3.63) is 28.1 Å². The number of nitrogens with two attached hydrogens (primary N) is 1. The third-order valence-corrected chi connectivity index (χ3v) is 5.33. The standard InChI is InChI=1S/C15H17ClN2O2S/c1-15(20)6-3-7-18(8-15)14(19)13-12(17)11-9(16)4-2-5-10(11)21-13/h2,4-5,20H,3,6-8,17H2,1H3. The Morgan fingerprint density at radius 1 is 1.52 bits per heavy atom. The molecule has 1 aromatic carbocycles. The van der Waals surface area contributed by atoms with E-state index in [9.17, 15) is 9.90 Å². The van der Waals surface area contributed by atoms with Gasteiger partial charge >= 0.3 is 0 Å². The van der Waals surface area contributed by atoms with E-state index in [1.165, 1.54) is 11.3 Å². The molecule has 1 amide bonds. The normalized spacial score (nSPS) is 22.7. The number of rotatable bonds is 1. The lowest BCUT2D eigenvalue weighted by molar-refractivity contribution is -0.0105. The molecule has 0 aliphatic carbocycles. The van der Waals surface area contributed by atoms with Gasteiger partial charge in [0.25, 0.3) is 5.91 Å². The monoisotopic (exact) mass is 324 g/mol. The van der Waals surface area contributed by atoms with Crippen LogP contribution in [0.4, 0.5) is 5.69 Å². The van der Waals surface area contributed by atoms with Crippen molar-refractivity contribution in [2.45, 2.75) is 25.4 Å². The fraction of sp³-hybridized carbons (Fsp3) is 0.400. The van der Waals surface area contributed by atoms with E-state index in [1.807, 2.05) is 12.1 Å². The molecule has 6 heteroatoms. The Morgan fingerprint density at radius 2 is 2.29 bits per heavy atom. The molecule has 1 unspecified atom stereocenters. The maximum Gasteiger partial charge on any atom is 0.266 e. The number of nitrogens with zero attached hydrogens (tertiary/aromatic N) is 1. The molecule has 2 heterocycles. The van der Waals surface area contributed by atoms with Gasteiger partial charge < -0.3 is 15.7 Å². The molecule has 21 heavy (non-hydrogen) atoms. The lowest BCUT2D eigenvalue weighted by Crippen LogP contribution is -2.48. The third kappa shape index (κ3) is 2.61. The minimum Gasteiger partial charge on any atom is -0.397 e. The number of nitrogen functional groups attached to an aromatic ring is 1. The van der Waals surface area contributed by atoms with E-state index in [1.54, 1.807) is 17.9 Å². The van der Waals surface area contributed by atoms with Crippen LogP contribution in [-0.2, 0) is 0 Å². The number of thiophene rings is 1. The first-order valence-corrected chi connectivity index (χ1v) is 8.07. The molecule has 2 aromatic rings. The van der Waals surface area contributed by atoms with E-state index in [0.29, 0.717) is 35.1 Å². The third-order valence-electron chi connectivity index (χ3n) is 3.86. The summed E-state index contributed by atoms with van der Waals surface area (Å²) in [5.74, 6) is -0.121. The van der Waals surface area contributed by atoms with Crippen molar-refractivity contribution in [3.63, 3.8) is 0 Å². The zero-order chi connectivity index (χ0) is 15.2. The van der Waals surface area contributed by atoms with E-state index < -0.39 is 5.60 Å². The maximum absolute atomic E-state index is 12.7. The summed E-state index contributed by atoms with van der Waals surface area (Å²) in [5, 5.41) is 11.5. The minimum atomic E-state index is -0.822. The van der Waals surface area contributed by atoms with Crippen molar-refractivity contribution < 1.29 is 9.90 Å². The molecule has 1 aliphatic heterocycles. The fourth-order valence-electron chi connectivity index (χ4n) is 2.83. The number of carbonyl (C=O) groups is 1. The molecular formula is C15H17ClN2O2S. The lowest BCUT2D eigenvalue weighted by Gasteiger charge is -2.36. The second kappa shape index (κ2) is 5.16. The van der Waals surface area contributed by atoms with Gasteiger partial charge in [-0.25, -0.2) is 0 Å². The summed E-state index contributed by atoms with van der Waals surface area (Å²) in [6.45, 7) is 2.75. The number of hydrogen-bond acceptors (Lipinski definition) is 4. The number of piperidine rings is 1. The summed E-state index contributed by atoms with van der Waals surface area (Å²) < 4.78 is 0.909. The van der Waals surface area contributed by atoms with Crippen molar-refractivity contribution in [1.29, 1.82) is 0 Å². The molecule has 0 bridgehead atoms. The van der Waals surface area contributed by atoms with Crippen molar-refractivity contribution in [2.24, 2.45) is 0 Å². The number of β-amino-alcohol motifs (C(OH)–C–C–N with tert-alkyl or cyclic N) is 1. The van der Waals surface area contributed by atoms with Crippen LogP contribution in [0.3, 0.4) is 0 Å². The van der Waals surface area contributed by atoms with Crippen molar-refractivity contribution >= 4 is 44.6 Å². The Labute approximate surface area is 132 Å². The number of aliphatic hydroxyl groups is 1. The van der Waals surface area contributed by atoms with Gasteiger partial charge in [-0.3, -0.25) is 4.79 Å². The number of halogens is 1. The molecule has 112 valence electrons. The van der Waals surface area contributed by atoms with Crippen LogP contribution >= 0.6 is 22.9 Å². The van der Waals surface area contributed by atoms with Gasteiger partial charge in [-0.05, 0) is 31.9 Å². The molecule has 0 spiro atoms. The largest absolute Gasteiger partial charge is 0.397 e. The topological polar surface area (TPSA) is 66.6 Å². The smallest absolute Gasteiger partial charge is 0.266 e. The predicted molar refractivity (Wildman–Crippen MR) is 87.0 cm³/mol. The Morgan fingerprint density at radius 3 is 2.95 bits per heavy atom. The van der Waals surface area contributed by atoms with Crippen molar-refractivity contribution in [3.8, 4) is 0 Å². The van der Waals surface area contributed by atoms with E-state index in [0.717, 1.165) is 16.5 Å². The van der Waals surface area contributed by atoms with Crippen molar-refractivity contribution in [1.82, 2.24) is 4.90 Å². The molecule has 4 nitrogen and oxygen atoms in total. The molecule has 1 aliphatic rings. The molecular weight excluding hydrogens is 308 g/mol. The van der Waals surface area contributed by atoms with E-state index in [2.05, 4.69) is 0 Å². The Hall–Kier alpha value is -1.30. The van der Waals surface area contributed by atoms with Crippen LogP contribution in [0.1, 0.15) is 29.4 Å². The lowest BCUT2D eigenvalue weighted by atomic mass is 9.95. The van der Waals surface area contributed by atoms with Gasteiger partial charge in [-0.15, -0.1) is 11.3 Å². The molecule has 1 aromatic heterocycles. The fourth-order valence-corrected chi connectivity index (χ4v) is 4.27. The quantitative estimate of drug-likeness (QED) is 0.847. The minimum absolute atomic E-state index is 0.121. The molecule has 3 N–H and O–H groups in total. The highest BCUT2D eigenvalue weighted by molar-refractivity contribution is 7.21. The first-order valence-electron chi connectivity index (χ1n) is 6.87. The van der Waals surface area contributed by atoms with Crippen LogP contribution in [0.2, 0.25) is 5.02 Å². The van der Waals surface area contributed by atoms with Crippen LogP contribution in [0.15, 0.2) is 18.2 Å².